The molecule has 0 spiro atoms. The van der Waals surface area contributed by atoms with E-state index in [4.69, 9.17) is 5.26 Å². The number of ketones is 1. The van der Waals surface area contributed by atoms with Crippen LogP contribution < -0.4 is 0 Å². The van der Waals surface area contributed by atoms with Gasteiger partial charge in [-0.05, 0) is 30.2 Å². The number of hydrogen-bond acceptors (Lipinski definition) is 4. The molecule has 4 rings (SSSR count). The van der Waals surface area contributed by atoms with Gasteiger partial charge in [-0.1, -0.05) is 60.7 Å². The van der Waals surface area contributed by atoms with Crippen LogP contribution in [0.5, 0.6) is 0 Å². The van der Waals surface area contributed by atoms with Crippen molar-refractivity contribution < 1.29 is 9.59 Å². The number of carbonyl (C=O) groups is 2. The van der Waals surface area contributed by atoms with Crippen LogP contribution in [0, 0.1) is 11.3 Å². The van der Waals surface area contributed by atoms with E-state index in [1.165, 1.54) is 0 Å². The quantitative estimate of drug-likeness (QED) is 0.579. The van der Waals surface area contributed by atoms with E-state index in [0.29, 0.717) is 35.3 Å². The minimum atomic E-state index is -0.133. The molecule has 160 valence electrons. The van der Waals surface area contributed by atoms with E-state index in [9.17, 15) is 9.59 Å². The average Bonchev–Trinajstić information content (AvgIpc) is 3.10. The predicted molar refractivity (Wildman–Crippen MR) is 123 cm³/mol. The lowest BCUT2D eigenvalue weighted by molar-refractivity contribution is 0.0756. The van der Waals surface area contributed by atoms with Gasteiger partial charge in [0.1, 0.15) is 0 Å². The Morgan fingerprint density at radius 2 is 1.47 bits per heavy atom. The minimum absolute atomic E-state index is 0.0925. The monoisotopic (exact) mass is 423 g/mol. The first-order chi connectivity index (χ1) is 15.7. The zero-order valence-corrected chi connectivity index (χ0v) is 17.9. The Bertz CT molecular complexity index is 1130. The fraction of sp³-hybridized carbons (Fsp3) is 0.222. The first kappa shape index (κ1) is 21.5. The Kier molecular flexibility index (Phi) is 6.74. The Morgan fingerprint density at radius 1 is 0.781 bits per heavy atom. The average molecular weight is 424 g/mol. The van der Waals surface area contributed by atoms with E-state index in [0.717, 1.165) is 31.6 Å². The molecule has 3 aromatic rings. The number of nitriles is 1. The van der Waals surface area contributed by atoms with Crippen molar-refractivity contribution in [3.05, 3.63) is 107 Å². The van der Waals surface area contributed by atoms with Gasteiger partial charge in [0.2, 0.25) is 0 Å². The standard InChI is InChI=1S/C27H25N3O2/c28-19-21-11-13-22(14-12-21)20-29-15-6-16-30(18-17-29)27(32)25-10-5-4-9-24(25)26(31)23-7-2-1-3-8-23/h1-5,7-14H,6,15-18,20H2. The molecule has 0 N–H and O–H groups in total. The maximum atomic E-state index is 13.4. The third kappa shape index (κ3) is 4.93. The van der Waals surface area contributed by atoms with Crippen molar-refractivity contribution in [3.63, 3.8) is 0 Å². The molecule has 5 heteroatoms. The highest BCUT2D eigenvalue weighted by Gasteiger charge is 2.24. The van der Waals surface area contributed by atoms with Gasteiger partial charge in [-0.25, -0.2) is 0 Å². The van der Waals surface area contributed by atoms with Crippen LogP contribution in [0.15, 0.2) is 78.9 Å². The lowest BCUT2D eigenvalue weighted by Crippen LogP contribution is -2.35. The van der Waals surface area contributed by atoms with E-state index in [1.807, 2.05) is 53.4 Å². The molecule has 0 aliphatic carbocycles. The highest BCUT2D eigenvalue weighted by atomic mass is 16.2. The van der Waals surface area contributed by atoms with Gasteiger partial charge in [-0.15, -0.1) is 0 Å². The predicted octanol–water partition coefficient (Wildman–Crippen LogP) is 4.14. The molecule has 1 heterocycles. The van der Waals surface area contributed by atoms with Crippen LogP contribution in [0.25, 0.3) is 0 Å². The van der Waals surface area contributed by atoms with Gasteiger partial charge < -0.3 is 4.90 Å². The van der Waals surface area contributed by atoms with E-state index >= 15 is 0 Å². The van der Waals surface area contributed by atoms with Crippen LogP contribution in [0.3, 0.4) is 0 Å². The second-order valence-corrected chi connectivity index (χ2v) is 7.97. The maximum Gasteiger partial charge on any atom is 0.254 e. The van der Waals surface area contributed by atoms with Crippen LogP contribution >= 0.6 is 0 Å². The molecule has 1 aliphatic rings. The van der Waals surface area contributed by atoms with Crippen molar-refractivity contribution in [2.75, 3.05) is 26.2 Å². The summed E-state index contributed by atoms with van der Waals surface area (Å²) in [5.74, 6) is -0.225. The summed E-state index contributed by atoms with van der Waals surface area (Å²) in [6, 6.07) is 26.0. The summed E-state index contributed by atoms with van der Waals surface area (Å²) in [6.07, 6.45) is 0.872. The number of rotatable bonds is 5. The van der Waals surface area contributed by atoms with Crippen LogP contribution in [0.4, 0.5) is 0 Å². The summed E-state index contributed by atoms with van der Waals surface area (Å²) in [5, 5.41) is 8.96. The van der Waals surface area contributed by atoms with Crippen molar-refractivity contribution in [3.8, 4) is 6.07 Å². The van der Waals surface area contributed by atoms with Gasteiger partial charge >= 0.3 is 0 Å². The number of nitrogens with zero attached hydrogens (tertiary/aromatic N) is 3. The smallest absolute Gasteiger partial charge is 0.254 e. The van der Waals surface area contributed by atoms with E-state index in [-0.39, 0.29) is 11.7 Å². The molecule has 0 saturated carbocycles. The zero-order chi connectivity index (χ0) is 22.3. The molecule has 3 aromatic carbocycles. The molecule has 32 heavy (non-hydrogen) atoms. The number of amides is 1. The Hall–Kier alpha value is -3.75. The topological polar surface area (TPSA) is 64.4 Å². The normalized spacial score (nSPS) is 14.4. The lowest BCUT2D eigenvalue weighted by atomic mass is 9.97. The maximum absolute atomic E-state index is 13.4. The molecule has 0 radical (unpaired) electrons. The van der Waals surface area contributed by atoms with Crippen molar-refractivity contribution >= 4 is 11.7 Å². The fourth-order valence-electron chi connectivity index (χ4n) is 4.06. The van der Waals surface area contributed by atoms with Gasteiger partial charge in [-0.3, -0.25) is 14.5 Å². The Labute approximate surface area is 188 Å². The molecule has 0 unspecified atom stereocenters. The fourth-order valence-corrected chi connectivity index (χ4v) is 4.06. The molecule has 0 atom stereocenters. The largest absolute Gasteiger partial charge is 0.337 e. The van der Waals surface area contributed by atoms with Gasteiger partial charge in [-0.2, -0.15) is 5.26 Å². The van der Waals surface area contributed by atoms with Crippen molar-refractivity contribution in [1.29, 1.82) is 5.26 Å². The van der Waals surface area contributed by atoms with Crippen LogP contribution in [0.2, 0.25) is 0 Å². The summed E-state index contributed by atoms with van der Waals surface area (Å²) in [7, 11) is 0. The highest BCUT2D eigenvalue weighted by molar-refractivity contribution is 6.15. The van der Waals surface area contributed by atoms with Crippen LogP contribution in [-0.4, -0.2) is 47.7 Å². The molecular formula is C27H25N3O2. The van der Waals surface area contributed by atoms with Gasteiger partial charge in [0.05, 0.1) is 17.2 Å². The van der Waals surface area contributed by atoms with Gasteiger partial charge in [0.25, 0.3) is 5.91 Å². The second-order valence-electron chi connectivity index (χ2n) is 7.97. The third-order valence-electron chi connectivity index (χ3n) is 5.80. The SMILES string of the molecule is N#Cc1ccc(CN2CCCN(C(=O)c3ccccc3C(=O)c3ccccc3)CC2)cc1. The molecule has 1 aliphatic heterocycles. The molecule has 1 fully saturated rings. The molecule has 1 saturated heterocycles. The molecule has 5 nitrogen and oxygen atoms in total. The Morgan fingerprint density at radius 3 is 2.19 bits per heavy atom. The third-order valence-corrected chi connectivity index (χ3v) is 5.80. The number of hydrogen-bond donors (Lipinski definition) is 0. The molecule has 0 bridgehead atoms. The number of benzene rings is 3. The first-order valence-electron chi connectivity index (χ1n) is 10.8. The minimum Gasteiger partial charge on any atom is -0.337 e. The number of carbonyl (C=O) groups excluding carboxylic acids is 2. The van der Waals surface area contributed by atoms with E-state index in [2.05, 4.69) is 11.0 Å². The lowest BCUT2D eigenvalue weighted by Gasteiger charge is -2.23. The van der Waals surface area contributed by atoms with Crippen molar-refractivity contribution in [2.24, 2.45) is 0 Å². The van der Waals surface area contributed by atoms with Gasteiger partial charge in [0.15, 0.2) is 5.78 Å². The summed E-state index contributed by atoms with van der Waals surface area (Å²) in [6.45, 7) is 3.73. The van der Waals surface area contributed by atoms with E-state index in [1.54, 1.807) is 30.3 Å². The summed E-state index contributed by atoms with van der Waals surface area (Å²) in [4.78, 5) is 30.6. The summed E-state index contributed by atoms with van der Waals surface area (Å²) in [5.41, 5.74) is 3.30. The van der Waals surface area contributed by atoms with Crippen molar-refractivity contribution in [2.45, 2.75) is 13.0 Å². The van der Waals surface area contributed by atoms with Crippen LogP contribution in [0.1, 0.15) is 43.8 Å². The highest BCUT2D eigenvalue weighted by Crippen LogP contribution is 2.18. The Balaban J connectivity index is 1.45. The molecule has 0 aromatic heterocycles. The molecule has 1 amide bonds. The van der Waals surface area contributed by atoms with Gasteiger partial charge in [0, 0.05) is 43.9 Å². The second kappa shape index (κ2) is 10.0. The molecular weight excluding hydrogens is 398 g/mol. The van der Waals surface area contributed by atoms with E-state index < -0.39 is 0 Å². The zero-order valence-electron chi connectivity index (χ0n) is 17.9. The van der Waals surface area contributed by atoms with Crippen molar-refractivity contribution in [1.82, 2.24) is 9.80 Å². The first-order valence-corrected chi connectivity index (χ1v) is 10.8. The van der Waals surface area contributed by atoms with Crippen LogP contribution in [-0.2, 0) is 6.54 Å². The summed E-state index contributed by atoms with van der Waals surface area (Å²) >= 11 is 0. The summed E-state index contributed by atoms with van der Waals surface area (Å²) < 4.78 is 0.